The smallest absolute Gasteiger partial charge is 0.194 e. The maximum atomic E-state index is 14.1. The number of methoxy groups -OCH3 is 1. The number of hydrogen-bond donors (Lipinski definition) is 0. The quantitative estimate of drug-likeness (QED) is 0.404. The number of rotatable bonds is 3. The van der Waals surface area contributed by atoms with Crippen LogP contribution in [0.25, 0.3) is 22.3 Å². The lowest BCUT2D eigenvalue weighted by Crippen LogP contribution is -2.16. The minimum Gasteiger partial charge on any atom is -0.352 e. The van der Waals surface area contributed by atoms with Gasteiger partial charge in [0.2, 0.25) is 0 Å². The van der Waals surface area contributed by atoms with Gasteiger partial charge in [-0.25, -0.2) is 0 Å². The van der Waals surface area contributed by atoms with Crippen molar-refractivity contribution in [2.45, 2.75) is 73.2 Å². The lowest BCUT2D eigenvalue weighted by Gasteiger charge is -2.20. The molecule has 1 aliphatic heterocycles. The molecule has 0 bridgehead atoms. The Bertz CT molecular complexity index is 1370. The van der Waals surface area contributed by atoms with Gasteiger partial charge in [-0.05, 0) is 109 Å². The van der Waals surface area contributed by atoms with Crippen molar-refractivity contribution < 1.29 is 14.3 Å². The molecule has 0 saturated heterocycles. The highest BCUT2D eigenvalue weighted by Crippen LogP contribution is 2.52. The maximum absolute atomic E-state index is 14.1. The molecule has 34 heavy (non-hydrogen) atoms. The summed E-state index contributed by atoms with van der Waals surface area (Å²) in [7, 11) is 1.66. The van der Waals surface area contributed by atoms with Crippen LogP contribution in [-0.2, 0) is 15.1 Å². The Morgan fingerprint density at radius 2 is 1.62 bits per heavy atom. The summed E-state index contributed by atoms with van der Waals surface area (Å²) >= 11 is 0. The third kappa shape index (κ3) is 3.07. The Morgan fingerprint density at radius 3 is 2.26 bits per heavy atom. The van der Waals surface area contributed by atoms with E-state index in [0.29, 0.717) is 5.92 Å². The Balaban J connectivity index is 1.75. The first-order chi connectivity index (χ1) is 16.0. The van der Waals surface area contributed by atoms with Crippen LogP contribution in [0.15, 0.2) is 30.3 Å². The van der Waals surface area contributed by atoms with Gasteiger partial charge >= 0.3 is 0 Å². The fourth-order valence-electron chi connectivity index (χ4n) is 5.93. The summed E-state index contributed by atoms with van der Waals surface area (Å²) in [5.74, 6) is 0.546. The molecule has 0 saturated carbocycles. The number of fused-ring (bicyclic) bond motifs is 3. The normalized spacial score (nSPS) is 18.9. The van der Waals surface area contributed by atoms with Gasteiger partial charge in [-0.15, -0.1) is 0 Å². The van der Waals surface area contributed by atoms with Gasteiger partial charge in [0.25, 0.3) is 0 Å². The minimum absolute atomic E-state index is 0.106. The fourth-order valence-corrected chi connectivity index (χ4v) is 5.93. The first-order valence-electron chi connectivity index (χ1n) is 12.2. The van der Waals surface area contributed by atoms with E-state index in [-0.39, 0.29) is 5.78 Å². The molecule has 3 heteroatoms. The highest BCUT2D eigenvalue weighted by atomic mass is 16.7. The summed E-state index contributed by atoms with van der Waals surface area (Å²) in [6, 6.07) is 11.1. The molecule has 0 fully saturated rings. The Labute approximate surface area is 203 Å². The van der Waals surface area contributed by atoms with Gasteiger partial charge in [-0.2, -0.15) is 0 Å². The Morgan fingerprint density at radius 1 is 0.912 bits per heavy atom. The highest BCUT2D eigenvalue weighted by Gasteiger charge is 2.43. The predicted molar refractivity (Wildman–Crippen MR) is 138 cm³/mol. The van der Waals surface area contributed by atoms with E-state index in [2.05, 4.69) is 78.8 Å². The molecule has 176 valence electrons. The Hall–Kier alpha value is -2.75. The molecule has 0 amide bonds. The molecular formula is C31H34O3. The van der Waals surface area contributed by atoms with Crippen LogP contribution in [0.4, 0.5) is 0 Å². The zero-order chi connectivity index (χ0) is 24.7. The first-order valence-corrected chi connectivity index (χ1v) is 12.2. The van der Waals surface area contributed by atoms with Gasteiger partial charge in [0, 0.05) is 23.8 Å². The Kier molecular flexibility index (Phi) is 5.16. The van der Waals surface area contributed by atoms with Crippen LogP contribution in [0.3, 0.4) is 0 Å². The molecule has 1 unspecified atom stereocenters. The van der Waals surface area contributed by atoms with E-state index in [1.807, 2.05) is 6.92 Å². The van der Waals surface area contributed by atoms with Crippen LogP contribution in [0, 0.1) is 20.8 Å². The summed E-state index contributed by atoms with van der Waals surface area (Å²) in [4.78, 5) is 14.1. The van der Waals surface area contributed by atoms with Crippen LogP contribution in [-0.4, -0.2) is 12.9 Å². The third-order valence-corrected chi connectivity index (χ3v) is 7.85. The predicted octanol–water partition coefficient (Wildman–Crippen LogP) is 7.88. The molecule has 5 rings (SSSR count). The second-order valence-corrected chi connectivity index (χ2v) is 10.8. The van der Waals surface area contributed by atoms with Crippen molar-refractivity contribution in [1.82, 2.24) is 0 Å². The van der Waals surface area contributed by atoms with Crippen molar-refractivity contribution >= 4 is 16.9 Å². The summed E-state index contributed by atoms with van der Waals surface area (Å²) in [6.07, 6.45) is -0.454. The lowest BCUT2D eigenvalue weighted by atomic mass is 9.87. The standard InChI is InChI=1S/C31H34O3/c1-15(2)20-11-10-16(3)25-21(13-20)17(4)12-23(25)26-18(5)22-14-24-28(19(6)27(22)29(26)32)30(33-9)34-31(24,7)8/h10-15,30H,1-9H3. The maximum Gasteiger partial charge on any atom is 0.194 e. The molecule has 0 aromatic heterocycles. The third-order valence-electron chi connectivity index (χ3n) is 7.85. The molecule has 3 aliphatic carbocycles. The van der Waals surface area contributed by atoms with Crippen LogP contribution in [0.5, 0.6) is 0 Å². The second-order valence-electron chi connectivity index (χ2n) is 10.8. The molecule has 1 aromatic carbocycles. The molecular weight excluding hydrogens is 420 g/mol. The SMILES string of the molecule is COC1OC(C)(C)c2cc3c(c(C)c21)C(=O)C(c1cc(C)c2cc(C(C)C)ccc(C)c1-2)=C3C. The molecule has 4 aliphatic rings. The van der Waals surface area contributed by atoms with E-state index in [4.69, 9.17) is 9.47 Å². The number of benzene rings is 1. The largest absolute Gasteiger partial charge is 0.352 e. The number of aryl methyl sites for hydroxylation is 2. The first kappa shape index (κ1) is 23.0. The van der Waals surface area contributed by atoms with Gasteiger partial charge in [-0.1, -0.05) is 38.1 Å². The van der Waals surface area contributed by atoms with Gasteiger partial charge in [0.05, 0.1) is 5.60 Å². The van der Waals surface area contributed by atoms with Crippen molar-refractivity contribution in [1.29, 1.82) is 0 Å². The van der Waals surface area contributed by atoms with E-state index in [0.717, 1.165) is 44.5 Å². The molecule has 1 heterocycles. The zero-order valence-electron chi connectivity index (χ0n) is 21.8. The molecule has 0 N–H and O–H groups in total. The molecule has 3 nitrogen and oxygen atoms in total. The molecule has 0 radical (unpaired) electrons. The van der Waals surface area contributed by atoms with E-state index in [1.165, 1.54) is 27.8 Å². The van der Waals surface area contributed by atoms with E-state index < -0.39 is 11.9 Å². The number of Topliss-reactive ketones (excluding diaryl/α,β-unsaturated/α-hetero) is 1. The van der Waals surface area contributed by atoms with Gasteiger partial charge in [-0.3, -0.25) is 4.79 Å². The fraction of sp³-hybridized carbons (Fsp3) is 0.387. The number of carbonyl (C=O) groups excluding carboxylic acids is 1. The lowest BCUT2D eigenvalue weighted by molar-refractivity contribution is -0.175. The number of ether oxygens (including phenoxy) is 2. The number of ketones is 1. The number of hydrogen-bond acceptors (Lipinski definition) is 3. The van der Waals surface area contributed by atoms with Crippen LogP contribution in [0.1, 0.15) is 102 Å². The molecule has 1 atom stereocenters. The molecule has 0 spiro atoms. The van der Waals surface area contributed by atoms with Gasteiger partial charge in [0.15, 0.2) is 12.1 Å². The van der Waals surface area contributed by atoms with Crippen LogP contribution < -0.4 is 0 Å². The van der Waals surface area contributed by atoms with Crippen molar-refractivity contribution in [2.24, 2.45) is 0 Å². The van der Waals surface area contributed by atoms with E-state index in [1.54, 1.807) is 7.11 Å². The summed E-state index contributed by atoms with van der Waals surface area (Å²) in [5, 5.41) is 0. The van der Waals surface area contributed by atoms with Crippen LogP contribution >= 0.6 is 0 Å². The summed E-state index contributed by atoms with van der Waals surface area (Å²) in [6.45, 7) is 17.0. The molecule has 1 aromatic rings. The van der Waals surface area contributed by atoms with Crippen molar-refractivity contribution in [3.05, 3.63) is 80.4 Å². The van der Waals surface area contributed by atoms with Gasteiger partial charge < -0.3 is 9.47 Å². The number of carbonyl (C=O) groups is 1. The van der Waals surface area contributed by atoms with Crippen LogP contribution in [0.2, 0.25) is 0 Å². The van der Waals surface area contributed by atoms with Crippen molar-refractivity contribution in [3.63, 3.8) is 0 Å². The summed E-state index contributed by atoms with van der Waals surface area (Å²) < 4.78 is 11.8. The summed E-state index contributed by atoms with van der Waals surface area (Å²) in [5.41, 5.74) is 13.5. The highest BCUT2D eigenvalue weighted by molar-refractivity contribution is 6.41. The monoisotopic (exact) mass is 454 g/mol. The van der Waals surface area contributed by atoms with Gasteiger partial charge in [0.1, 0.15) is 0 Å². The number of allylic oxidation sites excluding steroid dienone is 2. The zero-order valence-corrected chi connectivity index (χ0v) is 21.8. The van der Waals surface area contributed by atoms with E-state index >= 15 is 0 Å². The van der Waals surface area contributed by atoms with Crippen molar-refractivity contribution in [3.8, 4) is 11.1 Å². The van der Waals surface area contributed by atoms with E-state index in [9.17, 15) is 4.79 Å². The second kappa shape index (κ2) is 7.63. The average molecular weight is 455 g/mol. The topological polar surface area (TPSA) is 35.5 Å². The minimum atomic E-state index is -0.469. The van der Waals surface area contributed by atoms with Crippen molar-refractivity contribution in [2.75, 3.05) is 7.11 Å². The average Bonchev–Trinajstić information content (AvgIpc) is 3.26.